The summed E-state index contributed by atoms with van der Waals surface area (Å²) in [4.78, 5) is 0. The maximum atomic E-state index is 3.70. The van der Waals surface area contributed by atoms with Crippen molar-refractivity contribution in [3.05, 3.63) is 70.8 Å². The molecule has 0 bridgehead atoms. The van der Waals surface area contributed by atoms with Crippen LogP contribution in [-0.2, 0) is 6.42 Å². The third-order valence-electron chi connectivity index (χ3n) is 4.17. The van der Waals surface area contributed by atoms with Crippen LogP contribution >= 0.6 is 0 Å². The molecule has 2 aromatic carbocycles. The zero-order chi connectivity index (χ0) is 15.2. The van der Waals surface area contributed by atoms with Crippen LogP contribution < -0.4 is 5.32 Å². The Bertz CT molecular complexity index is 556. The number of rotatable bonds is 6. The van der Waals surface area contributed by atoms with Gasteiger partial charge in [0.05, 0.1) is 0 Å². The molecule has 112 valence electrons. The summed E-state index contributed by atoms with van der Waals surface area (Å²) in [6.07, 6.45) is 2.37. The zero-order valence-electron chi connectivity index (χ0n) is 13.7. The van der Waals surface area contributed by atoms with Crippen LogP contribution in [0.2, 0.25) is 0 Å². The third-order valence-corrected chi connectivity index (χ3v) is 4.17. The molecule has 2 rings (SSSR count). The minimum atomic E-state index is 0.357. The topological polar surface area (TPSA) is 12.0 Å². The molecule has 2 atom stereocenters. The Morgan fingerprint density at radius 1 is 0.905 bits per heavy atom. The average Bonchev–Trinajstić information content (AvgIpc) is 2.48. The molecule has 1 N–H and O–H groups in total. The van der Waals surface area contributed by atoms with E-state index in [1.54, 1.807) is 0 Å². The molecule has 2 aromatic rings. The van der Waals surface area contributed by atoms with Gasteiger partial charge >= 0.3 is 0 Å². The van der Waals surface area contributed by atoms with Crippen molar-refractivity contribution in [1.29, 1.82) is 0 Å². The van der Waals surface area contributed by atoms with Gasteiger partial charge in [-0.15, -0.1) is 0 Å². The molecule has 0 amide bonds. The van der Waals surface area contributed by atoms with Crippen LogP contribution in [-0.4, -0.2) is 0 Å². The van der Waals surface area contributed by atoms with E-state index in [9.17, 15) is 0 Å². The summed E-state index contributed by atoms with van der Waals surface area (Å²) < 4.78 is 0. The highest BCUT2D eigenvalue weighted by Gasteiger charge is 2.12. The van der Waals surface area contributed by atoms with Crippen LogP contribution in [0.5, 0.6) is 0 Å². The lowest BCUT2D eigenvalue weighted by molar-refractivity contribution is 0.493. The second-order valence-electron chi connectivity index (χ2n) is 5.96. The van der Waals surface area contributed by atoms with Crippen LogP contribution in [0.3, 0.4) is 0 Å². The van der Waals surface area contributed by atoms with Gasteiger partial charge in [-0.05, 0) is 49.4 Å². The molecule has 0 spiro atoms. The molecule has 0 saturated heterocycles. The molecule has 0 aliphatic rings. The fourth-order valence-corrected chi connectivity index (χ4v) is 2.90. The zero-order valence-corrected chi connectivity index (χ0v) is 13.7. The van der Waals surface area contributed by atoms with E-state index < -0.39 is 0 Å². The largest absolute Gasteiger partial charge is 0.304 e. The summed E-state index contributed by atoms with van der Waals surface area (Å²) >= 11 is 0. The summed E-state index contributed by atoms with van der Waals surface area (Å²) in [5, 5.41) is 3.70. The van der Waals surface area contributed by atoms with Crippen LogP contribution in [0, 0.1) is 6.92 Å². The van der Waals surface area contributed by atoms with Crippen molar-refractivity contribution < 1.29 is 0 Å². The number of benzene rings is 2. The summed E-state index contributed by atoms with van der Waals surface area (Å²) in [7, 11) is 0. The maximum Gasteiger partial charge on any atom is 0.0300 e. The normalized spacial score (nSPS) is 13.9. The molecule has 0 aromatic heterocycles. The van der Waals surface area contributed by atoms with E-state index in [-0.39, 0.29) is 0 Å². The van der Waals surface area contributed by atoms with Gasteiger partial charge in [-0.25, -0.2) is 0 Å². The molecule has 0 saturated carbocycles. The van der Waals surface area contributed by atoms with Gasteiger partial charge in [0.2, 0.25) is 0 Å². The maximum absolute atomic E-state index is 3.70. The molecule has 1 nitrogen and oxygen atoms in total. The molecule has 0 radical (unpaired) electrons. The molecular formula is C20H27N. The molecule has 0 aliphatic heterocycles. The lowest BCUT2D eigenvalue weighted by atomic mass is 9.99. The van der Waals surface area contributed by atoms with Gasteiger partial charge in [0.15, 0.2) is 0 Å². The summed E-state index contributed by atoms with van der Waals surface area (Å²) in [6, 6.07) is 18.4. The minimum absolute atomic E-state index is 0.357. The molecule has 1 unspecified atom stereocenters. The van der Waals surface area contributed by atoms with Crippen LogP contribution in [0.4, 0.5) is 0 Å². The van der Waals surface area contributed by atoms with E-state index in [0.29, 0.717) is 12.1 Å². The highest BCUT2D eigenvalue weighted by atomic mass is 14.9. The van der Waals surface area contributed by atoms with Crippen molar-refractivity contribution in [2.75, 3.05) is 0 Å². The van der Waals surface area contributed by atoms with Gasteiger partial charge < -0.3 is 5.32 Å². The molecular weight excluding hydrogens is 254 g/mol. The molecule has 0 heterocycles. The first-order valence-corrected chi connectivity index (χ1v) is 8.02. The Balaban J connectivity index is 2.03. The standard InChI is InChI=1S/C20H27N/c1-5-8-18-11-13-19(14-12-18)16(3)21-17(4)20-10-7-6-9-15(20)2/h6-7,9-14,16-17,21H,5,8H2,1-4H3/t16?,17-/m0/s1. The average molecular weight is 281 g/mol. The minimum Gasteiger partial charge on any atom is -0.304 e. The Morgan fingerprint density at radius 2 is 1.57 bits per heavy atom. The van der Waals surface area contributed by atoms with Crippen molar-refractivity contribution in [2.24, 2.45) is 0 Å². The van der Waals surface area contributed by atoms with Crippen molar-refractivity contribution >= 4 is 0 Å². The van der Waals surface area contributed by atoms with Gasteiger partial charge in [-0.3, -0.25) is 0 Å². The highest BCUT2D eigenvalue weighted by Crippen LogP contribution is 2.22. The predicted molar refractivity (Wildman–Crippen MR) is 91.6 cm³/mol. The number of aryl methyl sites for hydroxylation is 2. The monoisotopic (exact) mass is 281 g/mol. The SMILES string of the molecule is CCCc1ccc(C(C)N[C@@H](C)c2ccccc2C)cc1. The van der Waals surface area contributed by atoms with Crippen LogP contribution in [0.15, 0.2) is 48.5 Å². The van der Waals surface area contributed by atoms with Gasteiger partial charge in [0.1, 0.15) is 0 Å². The predicted octanol–water partition coefficient (Wildman–Crippen LogP) is 5.36. The summed E-state index contributed by atoms with van der Waals surface area (Å²) in [5.74, 6) is 0. The number of nitrogens with one attached hydrogen (secondary N) is 1. The van der Waals surface area contributed by atoms with E-state index in [0.717, 1.165) is 0 Å². The first kappa shape index (κ1) is 15.8. The van der Waals surface area contributed by atoms with Crippen molar-refractivity contribution in [1.82, 2.24) is 5.32 Å². The van der Waals surface area contributed by atoms with Crippen molar-refractivity contribution in [3.8, 4) is 0 Å². The van der Waals surface area contributed by atoms with Gasteiger partial charge in [0, 0.05) is 12.1 Å². The lowest BCUT2D eigenvalue weighted by Crippen LogP contribution is -2.23. The van der Waals surface area contributed by atoms with Crippen molar-refractivity contribution in [2.45, 2.75) is 52.6 Å². The number of hydrogen-bond acceptors (Lipinski definition) is 1. The molecule has 0 aliphatic carbocycles. The number of hydrogen-bond donors (Lipinski definition) is 1. The second-order valence-corrected chi connectivity index (χ2v) is 5.96. The van der Waals surface area contributed by atoms with E-state index in [2.05, 4.69) is 81.5 Å². The Hall–Kier alpha value is -1.60. The van der Waals surface area contributed by atoms with Crippen LogP contribution in [0.1, 0.15) is 61.5 Å². The third kappa shape index (κ3) is 4.18. The first-order valence-electron chi connectivity index (χ1n) is 8.02. The summed E-state index contributed by atoms with van der Waals surface area (Å²) in [5.41, 5.74) is 5.52. The van der Waals surface area contributed by atoms with Gasteiger partial charge in [-0.2, -0.15) is 0 Å². The lowest BCUT2D eigenvalue weighted by Gasteiger charge is -2.22. The second kappa shape index (κ2) is 7.42. The van der Waals surface area contributed by atoms with E-state index in [1.807, 2.05) is 0 Å². The fourth-order valence-electron chi connectivity index (χ4n) is 2.90. The van der Waals surface area contributed by atoms with E-state index in [1.165, 1.54) is 35.1 Å². The van der Waals surface area contributed by atoms with Crippen LogP contribution in [0.25, 0.3) is 0 Å². The smallest absolute Gasteiger partial charge is 0.0300 e. The van der Waals surface area contributed by atoms with Gasteiger partial charge in [0.25, 0.3) is 0 Å². The van der Waals surface area contributed by atoms with E-state index in [4.69, 9.17) is 0 Å². The first-order chi connectivity index (χ1) is 10.1. The quantitative estimate of drug-likeness (QED) is 0.751. The van der Waals surface area contributed by atoms with Crippen molar-refractivity contribution in [3.63, 3.8) is 0 Å². The Kier molecular flexibility index (Phi) is 5.58. The van der Waals surface area contributed by atoms with Gasteiger partial charge in [-0.1, -0.05) is 61.9 Å². The fraction of sp³-hybridized carbons (Fsp3) is 0.400. The summed E-state index contributed by atoms with van der Waals surface area (Å²) in [6.45, 7) is 8.88. The molecule has 21 heavy (non-hydrogen) atoms. The Labute approximate surface area is 129 Å². The molecule has 1 heteroatoms. The Morgan fingerprint density at radius 3 is 2.19 bits per heavy atom. The highest BCUT2D eigenvalue weighted by molar-refractivity contribution is 5.29. The molecule has 0 fully saturated rings. The van der Waals surface area contributed by atoms with E-state index >= 15 is 0 Å².